The molecule has 0 aliphatic carbocycles. The fraction of sp³-hybridized carbons (Fsp3) is 0.192. The summed E-state index contributed by atoms with van der Waals surface area (Å²) in [4.78, 5) is 39.0. The first-order valence-corrected chi connectivity index (χ1v) is 11.4. The number of amides is 1. The van der Waals surface area contributed by atoms with Crippen LogP contribution in [0.2, 0.25) is 0 Å². The predicted octanol–water partition coefficient (Wildman–Crippen LogP) is 4.32. The van der Waals surface area contributed by atoms with Gasteiger partial charge in [0.15, 0.2) is 6.10 Å². The summed E-state index contributed by atoms with van der Waals surface area (Å²) < 4.78 is 10.7. The van der Waals surface area contributed by atoms with Gasteiger partial charge in [0.05, 0.1) is 17.9 Å². The smallest absolute Gasteiger partial charge is 0.340 e. The molecule has 1 N–H and O–H groups in total. The van der Waals surface area contributed by atoms with Gasteiger partial charge < -0.3 is 14.8 Å². The number of ether oxygens (including phenoxy) is 2. The zero-order chi connectivity index (χ0) is 23.5. The standard InChI is InChI=1S/C26H25NO5S/c1-31-17-16-27-23(28)18-33-22-15-9-8-14-21(22)26(30)32-25(20-12-6-3-7-13-20)24(29)19-10-4-2-5-11-19/h2-15,25H,16-18H2,1H3,(H,27,28). The number of hydrogen-bond acceptors (Lipinski definition) is 6. The third-order valence-electron chi connectivity index (χ3n) is 4.72. The fourth-order valence-electron chi connectivity index (χ4n) is 3.07. The minimum Gasteiger partial charge on any atom is -0.445 e. The molecule has 0 radical (unpaired) electrons. The summed E-state index contributed by atoms with van der Waals surface area (Å²) in [6.07, 6.45) is -1.09. The summed E-state index contributed by atoms with van der Waals surface area (Å²) in [6.45, 7) is 0.843. The Morgan fingerprint density at radius 3 is 2.21 bits per heavy atom. The van der Waals surface area contributed by atoms with Crippen molar-refractivity contribution in [2.75, 3.05) is 26.0 Å². The van der Waals surface area contributed by atoms with Gasteiger partial charge in [-0.2, -0.15) is 0 Å². The van der Waals surface area contributed by atoms with Crippen LogP contribution in [0.3, 0.4) is 0 Å². The fourth-order valence-corrected chi connectivity index (χ4v) is 3.94. The van der Waals surface area contributed by atoms with Crippen LogP contribution in [0.1, 0.15) is 32.4 Å². The molecule has 33 heavy (non-hydrogen) atoms. The van der Waals surface area contributed by atoms with E-state index < -0.39 is 12.1 Å². The molecule has 7 heteroatoms. The molecule has 0 aliphatic rings. The maximum absolute atomic E-state index is 13.2. The zero-order valence-electron chi connectivity index (χ0n) is 18.2. The number of carbonyl (C=O) groups is 3. The summed E-state index contributed by atoms with van der Waals surface area (Å²) in [5.41, 5.74) is 1.34. The van der Waals surface area contributed by atoms with Crippen molar-refractivity contribution in [3.8, 4) is 0 Å². The molecule has 0 aliphatic heterocycles. The van der Waals surface area contributed by atoms with Gasteiger partial charge in [-0.15, -0.1) is 11.8 Å². The minimum atomic E-state index is -1.09. The molecule has 6 nitrogen and oxygen atoms in total. The highest BCUT2D eigenvalue weighted by atomic mass is 32.2. The van der Waals surface area contributed by atoms with Crippen LogP contribution < -0.4 is 5.32 Å². The third kappa shape index (κ3) is 7.03. The van der Waals surface area contributed by atoms with Gasteiger partial charge in [0, 0.05) is 29.7 Å². The number of hydrogen-bond donors (Lipinski definition) is 1. The van der Waals surface area contributed by atoms with Crippen molar-refractivity contribution in [1.82, 2.24) is 5.32 Å². The van der Waals surface area contributed by atoms with Crippen molar-refractivity contribution in [3.63, 3.8) is 0 Å². The normalized spacial score (nSPS) is 11.4. The van der Waals surface area contributed by atoms with Gasteiger partial charge in [0.1, 0.15) is 0 Å². The van der Waals surface area contributed by atoms with Crippen molar-refractivity contribution in [3.05, 3.63) is 102 Å². The van der Waals surface area contributed by atoms with Gasteiger partial charge in [-0.1, -0.05) is 72.8 Å². The number of thioether (sulfide) groups is 1. The zero-order valence-corrected chi connectivity index (χ0v) is 19.0. The molecular formula is C26H25NO5S. The molecule has 0 saturated heterocycles. The first kappa shape index (κ1) is 24.2. The molecule has 3 aromatic carbocycles. The molecule has 0 saturated carbocycles. The molecule has 3 aromatic rings. The van der Waals surface area contributed by atoms with Crippen molar-refractivity contribution in [1.29, 1.82) is 0 Å². The molecular weight excluding hydrogens is 438 g/mol. The Labute approximate surface area is 197 Å². The van der Waals surface area contributed by atoms with E-state index in [0.717, 1.165) is 0 Å². The number of methoxy groups -OCH3 is 1. The summed E-state index contributed by atoms with van der Waals surface area (Å²) in [5.74, 6) is -0.963. The van der Waals surface area contributed by atoms with Gasteiger partial charge in [-0.05, 0) is 12.1 Å². The average molecular weight is 464 g/mol. The second-order valence-electron chi connectivity index (χ2n) is 7.05. The lowest BCUT2D eigenvalue weighted by atomic mass is 10.00. The van der Waals surface area contributed by atoms with Crippen LogP contribution in [0, 0.1) is 0 Å². The maximum atomic E-state index is 13.2. The molecule has 0 spiro atoms. The lowest BCUT2D eigenvalue weighted by molar-refractivity contribution is -0.118. The summed E-state index contributed by atoms with van der Waals surface area (Å²) in [7, 11) is 1.56. The SMILES string of the molecule is COCCNC(=O)CSc1ccccc1C(=O)OC(C(=O)c1ccccc1)c1ccccc1. The molecule has 0 bridgehead atoms. The average Bonchev–Trinajstić information content (AvgIpc) is 2.87. The molecule has 0 aromatic heterocycles. The highest BCUT2D eigenvalue weighted by molar-refractivity contribution is 8.00. The van der Waals surface area contributed by atoms with Gasteiger partial charge in [-0.25, -0.2) is 4.79 Å². The third-order valence-corrected chi connectivity index (χ3v) is 5.79. The first-order valence-electron chi connectivity index (χ1n) is 10.4. The number of benzene rings is 3. The van der Waals surface area contributed by atoms with Crippen molar-refractivity contribution >= 4 is 29.4 Å². The Bertz CT molecular complexity index is 1070. The van der Waals surface area contributed by atoms with Crippen LogP contribution in [0.25, 0.3) is 0 Å². The number of ketones is 1. The largest absolute Gasteiger partial charge is 0.445 e. The number of rotatable bonds is 11. The Kier molecular flexibility index (Phi) is 9.23. The Hall–Kier alpha value is -3.42. The van der Waals surface area contributed by atoms with Gasteiger partial charge in [0.2, 0.25) is 11.7 Å². The quantitative estimate of drug-likeness (QED) is 0.197. The number of esters is 1. The van der Waals surface area contributed by atoms with Crippen molar-refractivity contribution in [2.24, 2.45) is 0 Å². The van der Waals surface area contributed by atoms with E-state index in [9.17, 15) is 14.4 Å². The Balaban J connectivity index is 1.77. The topological polar surface area (TPSA) is 81.7 Å². The van der Waals surface area contributed by atoms with E-state index >= 15 is 0 Å². The van der Waals surface area contributed by atoms with E-state index in [2.05, 4.69) is 5.32 Å². The number of nitrogens with one attached hydrogen (secondary N) is 1. The van der Waals surface area contributed by atoms with Gasteiger partial charge in [-0.3, -0.25) is 9.59 Å². The molecule has 1 amide bonds. The summed E-state index contributed by atoms with van der Waals surface area (Å²) >= 11 is 1.23. The van der Waals surface area contributed by atoms with Crippen LogP contribution in [-0.2, 0) is 14.3 Å². The first-order chi connectivity index (χ1) is 16.1. The van der Waals surface area contributed by atoms with Crippen molar-refractivity contribution in [2.45, 2.75) is 11.0 Å². The molecule has 1 atom stereocenters. The molecule has 170 valence electrons. The predicted molar refractivity (Wildman–Crippen MR) is 127 cm³/mol. The highest BCUT2D eigenvalue weighted by Gasteiger charge is 2.27. The van der Waals surface area contributed by atoms with E-state index in [1.807, 2.05) is 12.1 Å². The second-order valence-corrected chi connectivity index (χ2v) is 8.07. The van der Waals surface area contributed by atoms with E-state index in [4.69, 9.17) is 9.47 Å². The lowest BCUT2D eigenvalue weighted by Crippen LogP contribution is -2.28. The Morgan fingerprint density at radius 1 is 0.879 bits per heavy atom. The monoisotopic (exact) mass is 463 g/mol. The minimum absolute atomic E-state index is 0.138. The maximum Gasteiger partial charge on any atom is 0.340 e. The summed E-state index contributed by atoms with van der Waals surface area (Å²) in [5, 5.41) is 2.74. The van der Waals surface area contributed by atoms with Gasteiger partial charge in [0.25, 0.3) is 0 Å². The molecule has 1 unspecified atom stereocenters. The second kappa shape index (κ2) is 12.6. The van der Waals surface area contributed by atoms with Crippen LogP contribution >= 0.6 is 11.8 Å². The van der Waals surface area contributed by atoms with Crippen molar-refractivity contribution < 1.29 is 23.9 Å². The number of Topliss-reactive ketones (excluding diaryl/α,β-unsaturated/α-hetero) is 1. The van der Waals surface area contributed by atoms with Gasteiger partial charge >= 0.3 is 5.97 Å². The highest BCUT2D eigenvalue weighted by Crippen LogP contribution is 2.28. The van der Waals surface area contributed by atoms with E-state index in [1.165, 1.54) is 11.8 Å². The van der Waals surface area contributed by atoms with E-state index in [0.29, 0.717) is 34.7 Å². The lowest BCUT2D eigenvalue weighted by Gasteiger charge is -2.18. The molecule has 3 rings (SSSR count). The number of carbonyl (C=O) groups excluding carboxylic acids is 3. The van der Waals surface area contributed by atoms with E-state index in [1.54, 1.807) is 79.9 Å². The Morgan fingerprint density at radius 2 is 1.52 bits per heavy atom. The van der Waals surface area contributed by atoms with Crippen LogP contribution in [0.15, 0.2) is 89.8 Å². The van der Waals surface area contributed by atoms with Crippen LogP contribution in [0.4, 0.5) is 0 Å². The van der Waals surface area contributed by atoms with Crippen LogP contribution in [0.5, 0.6) is 0 Å². The van der Waals surface area contributed by atoms with E-state index in [-0.39, 0.29) is 17.4 Å². The summed E-state index contributed by atoms with van der Waals surface area (Å²) in [6, 6.07) is 24.5. The molecule has 0 heterocycles. The van der Waals surface area contributed by atoms with Crippen LogP contribution in [-0.4, -0.2) is 43.7 Å². The molecule has 0 fully saturated rings.